The van der Waals surface area contributed by atoms with Crippen molar-refractivity contribution in [1.29, 1.82) is 0 Å². The average molecular weight is 394 g/mol. The van der Waals surface area contributed by atoms with Crippen molar-refractivity contribution >= 4 is 16.8 Å². The number of hydrogen-bond acceptors (Lipinski definition) is 6. The molecule has 0 bridgehead atoms. The van der Waals surface area contributed by atoms with Crippen molar-refractivity contribution in [2.45, 2.75) is 25.3 Å². The summed E-state index contributed by atoms with van der Waals surface area (Å²) in [5.41, 5.74) is 3.17. The molecule has 3 heterocycles. The van der Waals surface area contributed by atoms with Crippen LogP contribution in [0.4, 0.5) is 0 Å². The van der Waals surface area contributed by atoms with Gasteiger partial charge in [-0.15, -0.1) is 0 Å². The average Bonchev–Trinajstić information content (AvgIpc) is 3.25. The maximum Gasteiger partial charge on any atom is 0.289 e. The first-order valence-electron chi connectivity index (χ1n) is 10.0. The Morgan fingerprint density at radius 2 is 2.24 bits per heavy atom. The summed E-state index contributed by atoms with van der Waals surface area (Å²) in [7, 11) is 1.60. The fourth-order valence-corrected chi connectivity index (χ4v) is 3.92. The van der Waals surface area contributed by atoms with Crippen LogP contribution in [-0.2, 0) is 11.3 Å². The number of pyridine rings is 1. The van der Waals surface area contributed by atoms with Crippen LogP contribution in [0.1, 0.15) is 40.6 Å². The minimum atomic E-state index is -0.253. The molecule has 1 saturated heterocycles. The molecule has 0 aliphatic carbocycles. The second-order valence-electron chi connectivity index (χ2n) is 7.43. The Morgan fingerprint density at radius 3 is 3.14 bits per heavy atom. The van der Waals surface area contributed by atoms with Crippen LogP contribution in [0, 0.1) is 0 Å². The van der Waals surface area contributed by atoms with E-state index in [-0.39, 0.29) is 17.6 Å². The van der Waals surface area contributed by atoms with Crippen molar-refractivity contribution < 1.29 is 14.1 Å². The van der Waals surface area contributed by atoms with Crippen molar-refractivity contribution in [3.63, 3.8) is 0 Å². The zero-order valence-electron chi connectivity index (χ0n) is 16.6. The van der Waals surface area contributed by atoms with Crippen LogP contribution in [-0.4, -0.2) is 54.3 Å². The predicted molar refractivity (Wildman–Crippen MR) is 110 cm³/mol. The van der Waals surface area contributed by atoms with Crippen molar-refractivity contribution in [3.8, 4) is 0 Å². The second kappa shape index (κ2) is 9.15. The van der Waals surface area contributed by atoms with Crippen molar-refractivity contribution in [3.05, 3.63) is 59.6 Å². The number of amides is 1. The number of carbonyl (C=O) groups excluding carboxylic acids is 1. The number of likely N-dealkylation sites (tertiary alicyclic amines) is 1. The van der Waals surface area contributed by atoms with Gasteiger partial charge in [-0.05, 0) is 37.1 Å². The number of benzene rings is 1. The lowest BCUT2D eigenvalue weighted by atomic mass is 9.94. The zero-order valence-corrected chi connectivity index (χ0v) is 16.6. The first-order chi connectivity index (χ1) is 14.2. The number of fused-ring (bicyclic) bond motifs is 1. The molecule has 2 aromatic heterocycles. The van der Waals surface area contributed by atoms with Crippen molar-refractivity contribution in [1.82, 2.24) is 20.4 Å². The molecule has 1 unspecified atom stereocenters. The highest BCUT2D eigenvalue weighted by atomic mass is 16.5. The van der Waals surface area contributed by atoms with Gasteiger partial charge >= 0.3 is 0 Å². The number of ether oxygens (including phenoxy) is 1. The van der Waals surface area contributed by atoms with Gasteiger partial charge in [-0.1, -0.05) is 23.4 Å². The molecule has 1 amide bonds. The lowest BCUT2D eigenvalue weighted by molar-refractivity contribution is 0.0900. The molecule has 152 valence electrons. The molecule has 1 atom stereocenters. The van der Waals surface area contributed by atoms with Gasteiger partial charge in [0.2, 0.25) is 5.76 Å². The number of piperidine rings is 1. The summed E-state index contributed by atoms with van der Waals surface area (Å²) in [6.07, 6.45) is 4.02. The van der Waals surface area contributed by atoms with E-state index in [0.29, 0.717) is 13.2 Å². The first kappa shape index (κ1) is 19.5. The molecular formula is C22H26N4O3. The molecule has 7 nitrogen and oxygen atoms in total. The predicted octanol–water partition coefficient (Wildman–Crippen LogP) is 2.98. The van der Waals surface area contributed by atoms with Gasteiger partial charge in [0.25, 0.3) is 5.91 Å². The van der Waals surface area contributed by atoms with E-state index in [2.05, 4.69) is 38.6 Å². The third-order valence-corrected chi connectivity index (χ3v) is 5.40. The fourth-order valence-electron chi connectivity index (χ4n) is 3.92. The highest BCUT2D eigenvalue weighted by Crippen LogP contribution is 2.28. The van der Waals surface area contributed by atoms with Crippen LogP contribution in [0.3, 0.4) is 0 Å². The number of methoxy groups -OCH3 is 1. The maximum atomic E-state index is 12.1. The third-order valence-electron chi connectivity index (χ3n) is 5.40. The molecule has 1 aliphatic rings. The van der Waals surface area contributed by atoms with Crippen LogP contribution in [0.15, 0.2) is 47.1 Å². The number of nitrogens with one attached hydrogen (secondary N) is 1. The highest BCUT2D eigenvalue weighted by Gasteiger charge is 2.25. The van der Waals surface area contributed by atoms with E-state index >= 15 is 0 Å². The van der Waals surface area contributed by atoms with Crippen molar-refractivity contribution in [2.24, 2.45) is 0 Å². The Bertz CT molecular complexity index is 966. The second-order valence-corrected chi connectivity index (χ2v) is 7.43. The van der Waals surface area contributed by atoms with Gasteiger partial charge in [0.05, 0.1) is 17.8 Å². The number of hydrogen-bond donors (Lipinski definition) is 1. The van der Waals surface area contributed by atoms with E-state index in [1.807, 2.05) is 18.3 Å². The smallest absolute Gasteiger partial charge is 0.289 e. The van der Waals surface area contributed by atoms with E-state index in [4.69, 9.17) is 9.26 Å². The number of carbonyl (C=O) groups is 1. The Labute approximate surface area is 170 Å². The molecule has 3 aromatic rings. The van der Waals surface area contributed by atoms with Gasteiger partial charge in [0.15, 0.2) is 0 Å². The van der Waals surface area contributed by atoms with E-state index in [1.165, 1.54) is 10.9 Å². The molecule has 0 spiro atoms. The number of aromatic nitrogens is 2. The number of para-hydroxylation sites is 1. The molecule has 0 radical (unpaired) electrons. The molecule has 29 heavy (non-hydrogen) atoms. The lowest BCUT2D eigenvalue weighted by Gasteiger charge is -2.32. The summed E-state index contributed by atoms with van der Waals surface area (Å²) in [5, 5.41) is 8.14. The minimum Gasteiger partial charge on any atom is -0.383 e. The molecule has 0 saturated carbocycles. The lowest BCUT2D eigenvalue weighted by Crippen LogP contribution is -2.34. The first-order valence-corrected chi connectivity index (χ1v) is 10.0. The van der Waals surface area contributed by atoms with Gasteiger partial charge in [0.1, 0.15) is 0 Å². The monoisotopic (exact) mass is 394 g/mol. The Balaban J connectivity index is 1.41. The standard InChI is InChI=1S/C22H26N4O3/c1-28-12-10-24-22(27)21-13-20(25-29-21)17-5-4-11-26(15-17)14-16-8-9-23-19-7-3-2-6-18(16)19/h2-3,6-9,13,17H,4-5,10-12,14-15H2,1H3,(H,24,27). The third kappa shape index (κ3) is 4.63. The van der Waals surface area contributed by atoms with Crippen LogP contribution in [0.25, 0.3) is 10.9 Å². The van der Waals surface area contributed by atoms with Gasteiger partial charge in [-0.25, -0.2) is 0 Å². The summed E-state index contributed by atoms with van der Waals surface area (Å²) < 4.78 is 10.2. The van der Waals surface area contributed by atoms with Crippen LogP contribution < -0.4 is 5.32 Å². The molecule has 1 fully saturated rings. The topological polar surface area (TPSA) is 80.5 Å². The summed E-state index contributed by atoms with van der Waals surface area (Å²) in [4.78, 5) is 19.0. The number of nitrogens with zero attached hydrogens (tertiary/aromatic N) is 3. The largest absolute Gasteiger partial charge is 0.383 e. The summed E-state index contributed by atoms with van der Waals surface area (Å²) in [6, 6.07) is 12.1. The molecule has 4 rings (SSSR count). The van der Waals surface area contributed by atoms with Crippen LogP contribution in [0.2, 0.25) is 0 Å². The normalized spacial score (nSPS) is 17.5. The Morgan fingerprint density at radius 1 is 1.34 bits per heavy atom. The molecular weight excluding hydrogens is 368 g/mol. The van der Waals surface area contributed by atoms with Crippen LogP contribution >= 0.6 is 0 Å². The summed E-state index contributed by atoms with van der Waals surface area (Å²) in [6.45, 7) is 3.74. The van der Waals surface area contributed by atoms with E-state index in [1.54, 1.807) is 13.2 Å². The Kier molecular flexibility index (Phi) is 6.17. The van der Waals surface area contributed by atoms with Crippen LogP contribution in [0.5, 0.6) is 0 Å². The zero-order chi connectivity index (χ0) is 20.1. The van der Waals surface area contributed by atoms with Crippen molar-refractivity contribution in [2.75, 3.05) is 33.4 Å². The van der Waals surface area contributed by atoms with Gasteiger partial charge in [0, 0.05) is 50.3 Å². The van der Waals surface area contributed by atoms with E-state index < -0.39 is 0 Å². The summed E-state index contributed by atoms with van der Waals surface area (Å²) >= 11 is 0. The molecule has 1 N–H and O–H groups in total. The number of rotatable bonds is 7. The molecule has 1 aliphatic heterocycles. The minimum absolute atomic E-state index is 0.253. The highest BCUT2D eigenvalue weighted by molar-refractivity contribution is 5.91. The van der Waals surface area contributed by atoms with Gasteiger partial charge < -0.3 is 14.6 Å². The quantitative estimate of drug-likeness (QED) is 0.621. The van der Waals surface area contributed by atoms with Gasteiger partial charge in [-0.3, -0.25) is 14.7 Å². The van der Waals surface area contributed by atoms with Gasteiger partial charge in [-0.2, -0.15) is 0 Å². The fraction of sp³-hybridized carbons (Fsp3) is 0.409. The SMILES string of the molecule is COCCNC(=O)c1cc(C2CCCN(Cc3ccnc4ccccc34)C2)no1. The molecule has 7 heteroatoms. The van der Waals surface area contributed by atoms with E-state index in [0.717, 1.165) is 43.7 Å². The summed E-state index contributed by atoms with van der Waals surface area (Å²) in [5.74, 6) is 0.270. The maximum absolute atomic E-state index is 12.1. The van der Waals surface area contributed by atoms with E-state index in [9.17, 15) is 4.79 Å². The Hall–Kier alpha value is -2.77. The molecule has 1 aromatic carbocycles.